The van der Waals surface area contributed by atoms with E-state index >= 15 is 0 Å². The summed E-state index contributed by atoms with van der Waals surface area (Å²) in [5.74, 6) is 0.177. The van der Waals surface area contributed by atoms with Gasteiger partial charge in [-0.05, 0) is 5.92 Å². The normalized spacial score (nSPS) is 33.6. The van der Waals surface area contributed by atoms with Crippen LogP contribution < -0.4 is 5.32 Å². The first-order valence-electron chi connectivity index (χ1n) is 2.93. The van der Waals surface area contributed by atoms with Crippen molar-refractivity contribution in [2.75, 3.05) is 0 Å². The first-order chi connectivity index (χ1) is 4.24. The molecule has 1 amide bonds. The van der Waals surface area contributed by atoms with Crippen LogP contribution in [-0.4, -0.2) is 11.9 Å². The Bertz CT molecular complexity index is 170. The van der Waals surface area contributed by atoms with Gasteiger partial charge in [0.25, 0.3) is 0 Å². The minimum atomic E-state index is -0.252. The van der Waals surface area contributed by atoms with E-state index in [-0.39, 0.29) is 17.9 Å². The lowest BCUT2D eigenvalue weighted by atomic mass is 10.1. The number of rotatable bonds is 0. The lowest BCUT2D eigenvalue weighted by Gasteiger charge is -2.01. The Morgan fingerprint density at radius 1 is 1.89 bits per heavy atom. The number of carbonyl (C=O) groups excluding carboxylic acids is 1. The first-order valence-corrected chi connectivity index (χ1v) is 2.93. The summed E-state index contributed by atoms with van der Waals surface area (Å²) < 4.78 is 0. The second-order valence-electron chi connectivity index (χ2n) is 2.36. The Labute approximate surface area is 53.7 Å². The van der Waals surface area contributed by atoms with E-state index in [0.717, 1.165) is 0 Å². The second kappa shape index (κ2) is 2.06. The topological polar surface area (TPSA) is 52.9 Å². The maximum Gasteiger partial charge on any atom is 0.221 e. The summed E-state index contributed by atoms with van der Waals surface area (Å²) >= 11 is 0. The number of nitrogens with one attached hydrogen (secondary N) is 1. The van der Waals surface area contributed by atoms with E-state index in [1.807, 2.05) is 13.0 Å². The van der Waals surface area contributed by atoms with Gasteiger partial charge in [0.1, 0.15) is 6.04 Å². The van der Waals surface area contributed by atoms with Crippen LogP contribution >= 0.6 is 0 Å². The SMILES string of the molecule is CC1CC(=O)NC1C#N. The van der Waals surface area contributed by atoms with E-state index in [2.05, 4.69) is 5.32 Å². The van der Waals surface area contributed by atoms with Gasteiger partial charge in [-0.1, -0.05) is 6.92 Å². The average molecular weight is 124 g/mol. The fourth-order valence-electron chi connectivity index (χ4n) is 0.944. The van der Waals surface area contributed by atoms with Crippen LogP contribution in [0, 0.1) is 17.2 Å². The number of hydrogen-bond donors (Lipinski definition) is 1. The standard InChI is InChI=1S/C6H8N2O/c1-4-2-6(9)8-5(4)3-7/h4-5H,2H2,1H3,(H,8,9). The van der Waals surface area contributed by atoms with E-state index in [0.29, 0.717) is 6.42 Å². The minimum absolute atomic E-state index is 0.00551. The van der Waals surface area contributed by atoms with Gasteiger partial charge in [0.05, 0.1) is 6.07 Å². The molecule has 1 heterocycles. The van der Waals surface area contributed by atoms with E-state index in [1.54, 1.807) is 0 Å². The van der Waals surface area contributed by atoms with Crippen LogP contribution in [0.2, 0.25) is 0 Å². The Balaban J connectivity index is 2.60. The third-order valence-electron chi connectivity index (χ3n) is 1.53. The van der Waals surface area contributed by atoms with Crippen molar-refractivity contribution in [2.45, 2.75) is 19.4 Å². The van der Waals surface area contributed by atoms with Crippen LogP contribution in [0.3, 0.4) is 0 Å². The lowest BCUT2D eigenvalue weighted by molar-refractivity contribution is -0.119. The molecule has 0 aromatic rings. The lowest BCUT2D eigenvalue weighted by Crippen LogP contribution is -2.25. The largest absolute Gasteiger partial charge is 0.340 e. The monoisotopic (exact) mass is 124 g/mol. The van der Waals surface area contributed by atoms with E-state index in [4.69, 9.17) is 5.26 Å². The molecule has 1 aliphatic rings. The zero-order valence-electron chi connectivity index (χ0n) is 5.22. The molecule has 1 fully saturated rings. The molecule has 9 heavy (non-hydrogen) atoms. The molecular weight excluding hydrogens is 116 g/mol. The Morgan fingerprint density at radius 2 is 2.56 bits per heavy atom. The molecule has 0 aliphatic carbocycles. The smallest absolute Gasteiger partial charge is 0.221 e. The molecule has 0 aromatic heterocycles. The summed E-state index contributed by atoms with van der Waals surface area (Å²) in [4.78, 5) is 10.6. The van der Waals surface area contributed by atoms with Crippen LogP contribution in [0.1, 0.15) is 13.3 Å². The Kier molecular flexibility index (Phi) is 1.39. The van der Waals surface area contributed by atoms with Crippen molar-refractivity contribution >= 4 is 5.91 Å². The molecule has 2 atom stereocenters. The number of hydrogen-bond acceptors (Lipinski definition) is 2. The molecule has 1 N–H and O–H groups in total. The van der Waals surface area contributed by atoms with Gasteiger partial charge in [-0.2, -0.15) is 5.26 Å². The number of nitrogens with zero attached hydrogens (tertiary/aromatic N) is 1. The maximum atomic E-state index is 10.6. The molecule has 3 heteroatoms. The first kappa shape index (κ1) is 6.09. The van der Waals surface area contributed by atoms with Crippen molar-refractivity contribution in [2.24, 2.45) is 5.92 Å². The zero-order valence-corrected chi connectivity index (χ0v) is 5.22. The Hall–Kier alpha value is -1.04. The summed E-state index contributed by atoms with van der Waals surface area (Å²) in [5, 5.41) is 10.9. The van der Waals surface area contributed by atoms with Gasteiger partial charge in [0, 0.05) is 6.42 Å². The zero-order chi connectivity index (χ0) is 6.85. The highest BCUT2D eigenvalue weighted by atomic mass is 16.1. The van der Waals surface area contributed by atoms with Gasteiger partial charge in [-0.3, -0.25) is 4.79 Å². The van der Waals surface area contributed by atoms with Crippen LogP contribution in [0.15, 0.2) is 0 Å². The second-order valence-corrected chi connectivity index (χ2v) is 2.36. The molecule has 0 radical (unpaired) electrons. The van der Waals surface area contributed by atoms with Gasteiger partial charge in [0.2, 0.25) is 5.91 Å². The fourth-order valence-corrected chi connectivity index (χ4v) is 0.944. The van der Waals surface area contributed by atoms with Gasteiger partial charge in [-0.25, -0.2) is 0 Å². The van der Waals surface area contributed by atoms with Crippen LogP contribution in [0.4, 0.5) is 0 Å². The molecule has 0 aromatic carbocycles. The van der Waals surface area contributed by atoms with E-state index in [9.17, 15) is 4.79 Å². The highest BCUT2D eigenvalue weighted by Crippen LogP contribution is 2.13. The number of amides is 1. The van der Waals surface area contributed by atoms with E-state index in [1.165, 1.54) is 0 Å². The highest BCUT2D eigenvalue weighted by molar-refractivity contribution is 5.79. The molecule has 48 valence electrons. The van der Waals surface area contributed by atoms with Gasteiger partial charge >= 0.3 is 0 Å². The van der Waals surface area contributed by atoms with Gasteiger partial charge in [0.15, 0.2) is 0 Å². The van der Waals surface area contributed by atoms with Crippen LogP contribution in [-0.2, 0) is 4.79 Å². The minimum Gasteiger partial charge on any atom is -0.340 e. The molecule has 1 rings (SSSR count). The van der Waals surface area contributed by atoms with Crippen molar-refractivity contribution in [3.8, 4) is 6.07 Å². The molecule has 0 bridgehead atoms. The molecule has 0 spiro atoms. The fraction of sp³-hybridized carbons (Fsp3) is 0.667. The molecule has 3 nitrogen and oxygen atoms in total. The third kappa shape index (κ3) is 1.02. The van der Waals surface area contributed by atoms with Crippen molar-refractivity contribution in [1.29, 1.82) is 5.26 Å². The summed E-state index contributed by atoms with van der Waals surface area (Å²) in [5.41, 5.74) is 0. The van der Waals surface area contributed by atoms with Crippen molar-refractivity contribution in [3.63, 3.8) is 0 Å². The molecule has 0 saturated carbocycles. The third-order valence-corrected chi connectivity index (χ3v) is 1.53. The summed E-state index contributed by atoms with van der Waals surface area (Å²) in [6.07, 6.45) is 0.498. The average Bonchev–Trinajstić information content (AvgIpc) is 2.10. The van der Waals surface area contributed by atoms with Gasteiger partial charge < -0.3 is 5.32 Å². The highest BCUT2D eigenvalue weighted by Gasteiger charge is 2.27. The van der Waals surface area contributed by atoms with Crippen molar-refractivity contribution in [3.05, 3.63) is 0 Å². The van der Waals surface area contributed by atoms with E-state index < -0.39 is 0 Å². The quantitative estimate of drug-likeness (QED) is 0.495. The van der Waals surface area contributed by atoms with Crippen LogP contribution in [0.5, 0.6) is 0 Å². The number of carbonyl (C=O) groups is 1. The summed E-state index contributed by atoms with van der Waals surface area (Å²) in [7, 11) is 0. The Morgan fingerprint density at radius 3 is 2.78 bits per heavy atom. The molecular formula is C6H8N2O. The predicted molar refractivity (Wildman–Crippen MR) is 31.3 cm³/mol. The van der Waals surface area contributed by atoms with Crippen molar-refractivity contribution < 1.29 is 4.79 Å². The number of nitriles is 1. The molecule has 1 saturated heterocycles. The maximum absolute atomic E-state index is 10.6. The predicted octanol–water partition coefficient (Wildman–Crippen LogP) is 0.0346. The van der Waals surface area contributed by atoms with Gasteiger partial charge in [-0.15, -0.1) is 0 Å². The molecule has 2 unspecified atom stereocenters. The van der Waals surface area contributed by atoms with Crippen molar-refractivity contribution in [1.82, 2.24) is 5.32 Å². The molecule has 1 aliphatic heterocycles. The van der Waals surface area contributed by atoms with Crippen LogP contribution in [0.25, 0.3) is 0 Å². The summed E-state index contributed by atoms with van der Waals surface area (Å²) in [6, 6.07) is 1.76. The summed E-state index contributed by atoms with van der Waals surface area (Å²) in [6.45, 7) is 1.89.